The van der Waals surface area contributed by atoms with Crippen LogP contribution in [-0.4, -0.2) is 30.9 Å². The third-order valence-corrected chi connectivity index (χ3v) is 5.14. The highest BCUT2D eigenvalue weighted by Gasteiger charge is 2.14. The molecule has 0 saturated carbocycles. The molecular weight excluding hydrogens is 288 g/mol. The normalized spacial score (nSPS) is 13.8. The van der Waals surface area contributed by atoms with Gasteiger partial charge in [-0.3, -0.25) is 0 Å². The summed E-state index contributed by atoms with van der Waals surface area (Å²) in [5, 5.41) is 3.20. The molecule has 116 valence electrons. The minimum Gasteiger partial charge on any atom is -0.440 e. The Morgan fingerprint density at radius 2 is 2.00 bits per heavy atom. The smallest absolute Gasteiger partial charge is 0.198 e. The van der Waals surface area contributed by atoms with Crippen LogP contribution in [0.15, 0.2) is 22.6 Å². The van der Waals surface area contributed by atoms with E-state index in [1.807, 2.05) is 39.0 Å². The Balaban J connectivity index is 2.15. The highest BCUT2D eigenvalue weighted by atomic mass is 32.2. The quantitative estimate of drug-likeness (QED) is 0.887. The van der Waals surface area contributed by atoms with Gasteiger partial charge in [0.15, 0.2) is 21.3 Å². The molecule has 6 heteroatoms. The lowest BCUT2D eigenvalue weighted by molar-refractivity contribution is 0.501. The van der Waals surface area contributed by atoms with E-state index in [2.05, 4.69) is 10.3 Å². The van der Waals surface area contributed by atoms with E-state index in [0.717, 1.165) is 16.8 Å². The predicted molar refractivity (Wildman–Crippen MR) is 85.5 cm³/mol. The van der Waals surface area contributed by atoms with Crippen LogP contribution >= 0.6 is 0 Å². The molecule has 1 atom stereocenters. The second-order valence-corrected chi connectivity index (χ2v) is 8.03. The SMILES string of the molecule is CCS(=O)(=O)CC(C)Nc1ccc2oc(C(C)C)nc2c1. The van der Waals surface area contributed by atoms with Crippen LogP contribution in [0.1, 0.15) is 39.5 Å². The van der Waals surface area contributed by atoms with Gasteiger partial charge in [-0.05, 0) is 25.1 Å². The number of nitrogens with one attached hydrogen (secondary N) is 1. The highest BCUT2D eigenvalue weighted by molar-refractivity contribution is 7.91. The summed E-state index contributed by atoms with van der Waals surface area (Å²) in [7, 11) is -2.99. The molecule has 1 unspecified atom stereocenters. The Hall–Kier alpha value is -1.56. The number of hydrogen-bond acceptors (Lipinski definition) is 5. The lowest BCUT2D eigenvalue weighted by Gasteiger charge is -2.14. The second-order valence-electron chi connectivity index (χ2n) is 5.63. The van der Waals surface area contributed by atoms with E-state index in [1.165, 1.54) is 0 Å². The molecule has 0 bridgehead atoms. The Bertz CT molecular complexity index is 720. The Morgan fingerprint density at radius 3 is 2.62 bits per heavy atom. The van der Waals surface area contributed by atoms with E-state index >= 15 is 0 Å². The maximum atomic E-state index is 11.6. The van der Waals surface area contributed by atoms with E-state index in [9.17, 15) is 8.42 Å². The monoisotopic (exact) mass is 310 g/mol. The predicted octanol–water partition coefficient (Wildman–Crippen LogP) is 3.19. The molecule has 21 heavy (non-hydrogen) atoms. The molecule has 0 aliphatic rings. The second kappa shape index (κ2) is 6.05. The number of aromatic nitrogens is 1. The number of anilines is 1. The van der Waals surface area contributed by atoms with Crippen LogP contribution in [0.25, 0.3) is 11.1 Å². The maximum Gasteiger partial charge on any atom is 0.198 e. The number of hydrogen-bond donors (Lipinski definition) is 1. The van der Waals surface area contributed by atoms with Crippen LogP contribution in [-0.2, 0) is 9.84 Å². The van der Waals surface area contributed by atoms with Gasteiger partial charge in [0, 0.05) is 23.4 Å². The van der Waals surface area contributed by atoms with Crippen molar-refractivity contribution in [2.24, 2.45) is 0 Å². The summed E-state index contributed by atoms with van der Waals surface area (Å²) in [5.74, 6) is 1.24. The Labute approximate surface area is 125 Å². The van der Waals surface area contributed by atoms with Crippen molar-refractivity contribution < 1.29 is 12.8 Å². The summed E-state index contributed by atoms with van der Waals surface area (Å²) >= 11 is 0. The van der Waals surface area contributed by atoms with Crippen molar-refractivity contribution in [3.8, 4) is 0 Å². The zero-order chi connectivity index (χ0) is 15.6. The summed E-state index contributed by atoms with van der Waals surface area (Å²) in [6, 6.07) is 5.48. The van der Waals surface area contributed by atoms with E-state index in [4.69, 9.17) is 4.42 Å². The zero-order valence-corrected chi connectivity index (χ0v) is 13.7. The van der Waals surface area contributed by atoms with Gasteiger partial charge in [-0.25, -0.2) is 13.4 Å². The third kappa shape index (κ3) is 3.97. The van der Waals surface area contributed by atoms with Crippen LogP contribution in [0.5, 0.6) is 0 Å². The Morgan fingerprint density at radius 1 is 1.29 bits per heavy atom. The molecule has 0 saturated heterocycles. The molecule has 1 aromatic heterocycles. The first kappa shape index (κ1) is 15.8. The van der Waals surface area contributed by atoms with Gasteiger partial charge in [0.2, 0.25) is 0 Å². The van der Waals surface area contributed by atoms with Crippen molar-refractivity contribution in [2.45, 2.75) is 39.7 Å². The van der Waals surface area contributed by atoms with Crippen molar-refractivity contribution in [1.82, 2.24) is 4.98 Å². The number of benzene rings is 1. The number of sulfone groups is 1. The molecule has 0 radical (unpaired) electrons. The van der Waals surface area contributed by atoms with Crippen molar-refractivity contribution in [3.63, 3.8) is 0 Å². The molecular formula is C15H22N2O3S. The largest absolute Gasteiger partial charge is 0.440 e. The van der Waals surface area contributed by atoms with Gasteiger partial charge < -0.3 is 9.73 Å². The van der Waals surface area contributed by atoms with Crippen molar-refractivity contribution in [2.75, 3.05) is 16.8 Å². The molecule has 1 heterocycles. The van der Waals surface area contributed by atoms with Crippen molar-refractivity contribution in [3.05, 3.63) is 24.1 Å². The maximum absolute atomic E-state index is 11.6. The summed E-state index contributed by atoms with van der Waals surface area (Å²) in [4.78, 5) is 4.45. The fraction of sp³-hybridized carbons (Fsp3) is 0.533. The zero-order valence-electron chi connectivity index (χ0n) is 12.9. The molecule has 0 fully saturated rings. The van der Waals surface area contributed by atoms with Gasteiger partial charge in [-0.2, -0.15) is 0 Å². The molecule has 1 N–H and O–H groups in total. The Kier molecular flexibility index (Phi) is 4.56. The van der Waals surface area contributed by atoms with Gasteiger partial charge >= 0.3 is 0 Å². The lowest BCUT2D eigenvalue weighted by atomic mass is 10.2. The van der Waals surface area contributed by atoms with E-state index in [0.29, 0.717) is 5.89 Å². The number of nitrogens with zero attached hydrogens (tertiary/aromatic N) is 1. The fourth-order valence-corrected chi connectivity index (χ4v) is 3.19. The average Bonchev–Trinajstić information content (AvgIpc) is 2.81. The van der Waals surface area contributed by atoms with Crippen LogP contribution in [0.2, 0.25) is 0 Å². The van der Waals surface area contributed by atoms with Crippen LogP contribution in [0.4, 0.5) is 5.69 Å². The van der Waals surface area contributed by atoms with Gasteiger partial charge in [0.05, 0.1) is 5.75 Å². The molecule has 0 aliphatic heterocycles. The molecule has 0 aliphatic carbocycles. The molecule has 0 amide bonds. The average molecular weight is 310 g/mol. The van der Waals surface area contributed by atoms with Crippen LogP contribution in [0.3, 0.4) is 0 Å². The summed E-state index contributed by atoms with van der Waals surface area (Å²) < 4.78 is 28.9. The van der Waals surface area contributed by atoms with Crippen molar-refractivity contribution in [1.29, 1.82) is 0 Å². The van der Waals surface area contributed by atoms with Gasteiger partial charge in [-0.1, -0.05) is 20.8 Å². The third-order valence-electron chi connectivity index (χ3n) is 3.25. The first-order chi connectivity index (χ1) is 9.80. The number of oxazole rings is 1. The fourth-order valence-electron chi connectivity index (χ4n) is 2.11. The summed E-state index contributed by atoms with van der Waals surface area (Å²) in [5.41, 5.74) is 2.39. The van der Waals surface area contributed by atoms with Crippen LogP contribution < -0.4 is 5.32 Å². The van der Waals surface area contributed by atoms with Crippen molar-refractivity contribution >= 4 is 26.6 Å². The van der Waals surface area contributed by atoms with E-state index in [1.54, 1.807) is 6.92 Å². The standard InChI is InChI=1S/C15H22N2O3S/c1-5-21(18,19)9-11(4)16-12-6-7-14-13(8-12)17-15(20-14)10(2)3/h6-8,10-11,16H,5,9H2,1-4H3. The summed E-state index contributed by atoms with van der Waals surface area (Å²) in [6.07, 6.45) is 0. The first-order valence-corrected chi connectivity index (χ1v) is 9.00. The minimum atomic E-state index is -2.99. The topological polar surface area (TPSA) is 72.2 Å². The first-order valence-electron chi connectivity index (χ1n) is 7.18. The van der Waals surface area contributed by atoms with Gasteiger partial charge in [0.25, 0.3) is 0 Å². The molecule has 5 nitrogen and oxygen atoms in total. The van der Waals surface area contributed by atoms with E-state index in [-0.39, 0.29) is 23.5 Å². The number of fused-ring (bicyclic) bond motifs is 1. The number of rotatable bonds is 6. The highest BCUT2D eigenvalue weighted by Crippen LogP contribution is 2.24. The lowest BCUT2D eigenvalue weighted by Crippen LogP contribution is -2.26. The summed E-state index contributed by atoms with van der Waals surface area (Å²) in [6.45, 7) is 7.58. The molecule has 2 rings (SSSR count). The molecule has 2 aromatic rings. The van der Waals surface area contributed by atoms with Gasteiger partial charge in [0.1, 0.15) is 5.52 Å². The minimum absolute atomic E-state index is 0.123. The molecule has 0 spiro atoms. The van der Waals surface area contributed by atoms with Gasteiger partial charge in [-0.15, -0.1) is 0 Å². The van der Waals surface area contributed by atoms with E-state index < -0.39 is 9.84 Å². The van der Waals surface area contributed by atoms with Crippen LogP contribution in [0, 0.1) is 0 Å². The molecule has 1 aromatic carbocycles.